The maximum atomic E-state index is 2.65. The number of aromatic nitrogens is 1. The van der Waals surface area contributed by atoms with Gasteiger partial charge >= 0.3 is 0 Å². The molecule has 11 aromatic carbocycles. The van der Waals surface area contributed by atoms with Gasteiger partial charge in [-0.05, 0) is 125 Å². The molecule has 0 radical (unpaired) electrons. The zero-order valence-electron chi connectivity index (χ0n) is 40.0. The molecule has 4 nitrogen and oxygen atoms in total. The average molecular weight is 977 g/mol. The second-order valence-electron chi connectivity index (χ2n) is 19.6. The summed E-state index contributed by atoms with van der Waals surface area (Å²) in [5.41, 5.74) is 22.2. The molecule has 0 saturated carbocycles. The van der Waals surface area contributed by atoms with E-state index in [9.17, 15) is 0 Å². The van der Waals surface area contributed by atoms with Crippen molar-refractivity contribution in [3.63, 3.8) is 0 Å². The lowest BCUT2D eigenvalue weighted by atomic mass is 9.31. The van der Waals surface area contributed by atoms with Crippen LogP contribution in [0.2, 0.25) is 0 Å². The van der Waals surface area contributed by atoms with Gasteiger partial charge in [0.15, 0.2) is 0 Å². The molecule has 344 valence electrons. The summed E-state index contributed by atoms with van der Waals surface area (Å²) < 4.78 is 2.64. The lowest BCUT2D eigenvalue weighted by Gasteiger charge is -2.43. The number of benzene rings is 11. The first-order valence-electron chi connectivity index (χ1n) is 25.4. The molecule has 0 spiro atoms. The molecule has 0 fully saturated rings. The molecule has 5 heterocycles. The van der Waals surface area contributed by atoms with Gasteiger partial charge in [0.05, 0.1) is 16.7 Å². The summed E-state index contributed by atoms with van der Waals surface area (Å²) in [6.07, 6.45) is 0. The fourth-order valence-corrected chi connectivity index (χ4v) is 15.1. The van der Waals surface area contributed by atoms with Crippen molar-refractivity contribution in [3.8, 4) is 5.69 Å². The molecular weight excluding hydrogens is 935 g/mol. The van der Waals surface area contributed by atoms with Crippen molar-refractivity contribution in [1.82, 2.24) is 4.57 Å². The predicted octanol–water partition coefficient (Wildman–Crippen LogP) is 13.8. The molecule has 0 bridgehead atoms. The van der Waals surface area contributed by atoms with Crippen LogP contribution in [0.25, 0.3) is 27.5 Å². The molecule has 0 atom stereocenters. The largest absolute Gasteiger partial charge is 0.311 e. The smallest absolute Gasteiger partial charge is 0.249 e. The molecule has 0 aliphatic carbocycles. The number of hydrogen-bond acceptors (Lipinski definition) is 5. The molecule has 12 aromatic rings. The first-order valence-corrected chi connectivity index (χ1v) is 27.0. The van der Waals surface area contributed by atoms with Crippen LogP contribution in [-0.4, -0.2) is 18.0 Å². The SMILES string of the molecule is c1ccc(N(c2ccccc2)c2cc3c4c(c2)N(c2ccccc2)c2c(cc5c6c2c2ccccc2n6-c2cc(N(c6ccccc6)c6ccccc6)cc6c2B5c2ccccc2S6)B4c2ccccc2S3)cc1. The quantitative estimate of drug-likeness (QED) is 0.147. The van der Waals surface area contributed by atoms with Crippen molar-refractivity contribution in [1.29, 1.82) is 0 Å². The zero-order valence-corrected chi connectivity index (χ0v) is 41.6. The van der Waals surface area contributed by atoms with Crippen molar-refractivity contribution in [2.24, 2.45) is 0 Å². The third-order valence-electron chi connectivity index (χ3n) is 15.6. The van der Waals surface area contributed by atoms with Crippen LogP contribution in [0, 0.1) is 0 Å². The average Bonchev–Trinajstić information content (AvgIpc) is 3.84. The van der Waals surface area contributed by atoms with Crippen LogP contribution in [0.1, 0.15) is 0 Å². The number of nitrogens with zero attached hydrogens (tertiary/aromatic N) is 4. The van der Waals surface area contributed by atoms with E-state index in [1.54, 1.807) is 0 Å². The van der Waals surface area contributed by atoms with Crippen LogP contribution in [0.4, 0.5) is 51.2 Å². The predicted molar refractivity (Wildman–Crippen MR) is 315 cm³/mol. The second kappa shape index (κ2) is 16.5. The van der Waals surface area contributed by atoms with Gasteiger partial charge < -0.3 is 19.3 Å². The van der Waals surface area contributed by atoms with Gasteiger partial charge in [-0.1, -0.05) is 186 Å². The van der Waals surface area contributed by atoms with Crippen molar-refractivity contribution in [2.75, 3.05) is 14.7 Å². The molecule has 0 unspecified atom stereocenters. The van der Waals surface area contributed by atoms with Crippen LogP contribution in [0.3, 0.4) is 0 Å². The topological polar surface area (TPSA) is 14.7 Å². The molecular formula is C66H42B2N4S2. The maximum absolute atomic E-state index is 2.65. The van der Waals surface area contributed by atoms with Crippen LogP contribution in [0.15, 0.2) is 274 Å². The minimum Gasteiger partial charge on any atom is -0.311 e. The fourth-order valence-electron chi connectivity index (χ4n) is 12.7. The van der Waals surface area contributed by atoms with E-state index in [-0.39, 0.29) is 13.4 Å². The van der Waals surface area contributed by atoms with E-state index >= 15 is 0 Å². The fraction of sp³-hybridized carbons (Fsp3) is 0. The monoisotopic (exact) mass is 976 g/mol. The Kier molecular flexibility index (Phi) is 9.36. The normalized spacial score (nSPS) is 13.2. The Labute approximate surface area is 439 Å². The number of rotatable bonds is 7. The van der Waals surface area contributed by atoms with E-state index in [4.69, 9.17) is 0 Å². The van der Waals surface area contributed by atoms with E-state index in [1.807, 2.05) is 23.5 Å². The van der Waals surface area contributed by atoms with Crippen molar-refractivity contribution >= 4 is 143 Å². The Morgan fingerprint density at radius 3 is 1.31 bits per heavy atom. The van der Waals surface area contributed by atoms with Gasteiger partial charge in [0.1, 0.15) is 0 Å². The molecule has 4 aliphatic rings. The third-order valence-corrected chi connectivity index (χ3v) is 17.9. The standard InChI is InChI=1S/C66H42B2N4S2/c1-6-22-43(23-7-1)69(44-24-8-2-9-25-44)48-38-56-63-60(40-48)73-58-36-20-17-33-51(58)67(63)53-42-54-66-62(65(53)71(56)47-30-14-5-15-31-47)50-32-16-19-35-55(50)72(66)57-39-49(41-61-64(57)68(54)52-34-18-21-37-59(52)74-61)70(45-26-10-3-11-27-45)46-28-12-4-13-29-46/h1-42H. The summed E-state index contributed by atoms with van der Waals surface area (Å²) in [6, 6.07) is 94.6. The molecule has 0 N–H and O–H groups in total. The van der Waals surface area contributed by atoms with E-state index in [0.717, 1.165) is 39.8 Å². The van der Waals surface area contributed by atoms with E-state index in [0.29, 0.717) is 0 Å². The Bertz CT molecular complexity index is 4150. The molecule has 16 rings (SSSR count). The first-order chi connectivity index (χ1) is 36.7. The number of fused-ring (bicyclic) bond motifs is 12. The number of para-hydroxylation sites is 6. The third kappa shape index (κ3) is 6.16. The Hall–Kier alpha value is -8.55. The van der Waals surface area contributed by atoms with Gasteiger partial charge in [-0.3, -0.25) is 0 Å². The minimum atomic E-state index is -0.0205. The van der Waals surface area contributed by atoms with Gasteiger partial charge in [0, 0.05) is 81.5 Å². The Morgan fingerprint density at radius 2 is 0.770 bits per heavy atom. The molecule has 8 heteroatoms. The molecule has 74 heavy (non-hydrogen) atoms. The van der Waals surface area contributed by atoms with E-state index in [2.05, 4.69) is 274 Å². The number of anilines is 9. The summed E-state index contributed by atoms with van der Waals surface area (Å²) in [5, 5.41) is 2.53. The summed E-state index contributed by atoms with van der Waals surface area (Å²) in [5.74, 6) is 0. The lowest BCUT2D eigenvalue weighted by molar-refractivity contribution is 1.16. The summed E-state index contributed by atoms with van der Waals surface area (Å²) >= 11 is 3.82. The van der Waals surface area contributed by atoms with Crippen LogP contribution < -0.4 is 47.5 Å². The lowest BCUT2D eigenvalue weighted by Crippen LogP contribution is -2.63. The highest BCUT2D eigenvalue weighted by Gasteiger charge is 2.47. The van der Waals surface area contributed by atoms with Gasteiger partial charge in [-0.15, -0.1) is 0 Å². The number of hydrogen-bond donors (Lipinski definition) is 0. The van der Waals surface area contributed by atoms with Crippen LogP contribution in [0.5, 0.6) is 0 Å². The van der Waals surface area contributed by atoms with Gasteiger partial charge in [0.25, 0.3) is 0 Å². The summed E-state index contributed by atoms with van der Waals surface area (Å²) in [4.78, 5) is 12.7. The molecule has 4 aliphatic heterocycles. The van der Waals surface area contributed by atoms with E-state index in [1.165, 1.54) is 91.2 Å². The van der Waals surface area contributed by atoms with Crippen LogP contribution >= 0.6 is 23.5 Å². The Balaban J connectivity index is 1.04. The van der Waals surface area contributed by atoms with Crippen molar-refractivity contribution in [2.45, 2.75) is 19.6 Å². The van der Waals surface area contributed by atoms with Gasteiger partial charge in [0.2, 0.25) is 13.4 Å². The highest BCUT2D eigenvalue weighted by Crippen LogP contribution is 2.51. The second-order valence-corrected chi connectivity index (χ2v) is 21.7. The van der Waals surface area contributed by atoms with E-state index < -0.39 is 0 Å². The van der Waals surface area contributed by atoms with Crippen molar-refractivity contribution < 1.29 is 0 Å². The molecule has 0 saturated heterocycles. The summed E-state index contributed by atoms with van der Waals surface area (Å²) in [7, 11) is 0. The summed E-state index contributed by atoms with van der Waals surface area (Å²) in [6.45, 7) is -0.0159. The minimum absolute atomic E-state index is 0.00458. The molecule has 1 aromatic heterocycles. The zero-order chi connectivity index (χ0) is 48.4. The van der Waals surface area contributed by atoms with Crippen LogP contribution in [-0.2, 0) is 0 Å². The van der Waals surface area contributed by atoms with Crippen molar-refractivity contribution in [3.05, 3.63) is 255 Å². The highest BCUT2D eigenvalue weighted by molar-refractivity contribution is 8.00. The van der Waals surface area contributed by atoms with Gasteiger partial charge in [-0.2, -0.15) is 0 Å². The maximum Gasteiger partial charge on any atom is 0.249 e. The highest BCUT2D eigenvalue weighted by atomic mass is 32.2. The first kappa shape index (κ1) is 42.0. The molecule has 0 amide bonds. The Morgan fingerprint density at radius 1 is 0.338 bits per heavy atom. The van der Waals surface area contributed by atoms with Gasteiger partial charge in [-0.25, -0.2) is 0 Å².